The number of fused-ring (bicyclic) bond motifs is 1. The lowest BCUT2D eigenvalue weighted by Crippen LogP contribution is -2.45. The number of amides is 2. The third kappa shape index (κ3) is 4.94. The predicted octanol–water partition coefficient (Wildman–Crippen LogP) is 4.03. The molecule has 3 aromatic heterocycles. The van der Waals surface area contributed by atoms with Crippen molar-refractivity contribution in [3.63, 3.8) is 0 Å². The number of anilines is 1. The zero-order chi connectivity index (χ0) is 25.8. The van der Waals surface area contributed by atoms with Crippen LogP contribution in [0.2, 0.25) is 0 Å². The van der Waals surface area contributed by atoms with Crippen LogP contribution >= 0.6 is 0 Å². The van der Waals surface area contributed by atoms with Crippen LogP contribution in [0.3, 0.4) is 0 Å². The molecule has 0 aliphatic heterocycles. The van der Waals surface area contributed by atoms with E-state index < -0.39 is 17.9 Å². The minimum absolute atomic E-state index is 0.143. The van der Waals surface area contributed by atoms with E-state index in [1.807, 2.05) is 24.3 Å². The van der Waals surface area contributed by atoms with Gasteiger partial charge in [-0.1, -0.05) is 29.5 Å². The number of hydrogen-bond acceptors (Lipinski definition) is 7. The van der Waals surface area contributed by atoms with Gasteiger partial charge in [-0.05, 0) is 55.5 Å². The molecule has 1 atom stereocenters. The molecule has 0 spiro atoms. The van der Waals surface area contributed by atoms with Crippen molar-refractivity contribution in [2.75, 3.05) is 12.0 Å². The molecule has 0 unspecified atom stereocenters. The van der Waals surface area contributed by atoms with E-state index in [0.717, 1.165) is 0 Å². The molecule has 0 fully saturated rings. The van der Waals surface area contributed by atoms with Crippen LogP contribution in [0, 0.1) is 6.92 Å². The topological polar surface area (TPSA) is 116 Å². The highest BCUT2D eigenvalue weighted by molar-refractivity contribution is 6.02. The smallest absolute Gasteiger partial charge is 0.251 e. The minimum atomic E-state index is -1.14. The van der Waals surface area contributed by atoms with Crippen molar-refractivity contribution >= 4 is 28.5 Å². The quantitative estimate of drug-likeness (QED) is 0.326. The Kier molecular flexibility index (Phi) is 6.71. The number of methoxy groups -OCH3 is 1. The lowest BCUT2D eigenvalue weighted by molar-refractivity contribution is -0.127. The Morgan fingerprint density at radius 2 is 1.86 bits per heavy atom. The van der Waals surface area contributed by atoms with Gasteiger partial charge < -0.3 is 18.9 Å². The van der Waals surface area contributed by atoms with E-state index in [4.69, 9.17) is 13.6 Å². The number of hydrogen-bond donors (Lipinski definition) is 1. The molecule has 3 heterocycles. The van der Waals surface area contributed by atoms with Crippen molar-refractivity contribution in [1.82, 2.24) is 20.3 Å². The van der Waals surface area contributed by atoms with E-state index >= 15 is 0 Å². The molecule has 37 heavy (non-hydrogen) atoms. The van der Waals surface area contributed by atoms with E-state index in [0.29, 0.717) is 39.8 Å². The highest BCUT2D eigenvalue weighted by Gasteiger charge is 2.37. The summed E-state index contributed by atoms with van der Waals surface area (Å²) in [4.78, 5) is 29.1. The van der Waals surface area contributed by atoms with Gasteiger partial charge in [0.2, 0.25) is 5.91 Å². The molecule has 0 aliphatic rings. The second-order valence-corrected chi connectivity index (χ2v) is 8.32. The normalized spacial score (nSPS) is 11.8. The number of carbonyl (C=O) groups is 2. The fourth-order valence-electron chi connectivity index (χ4n) is 4.14. The van der Waals surface area contributed by atoms with Gasteiger partial charge in [0.1, 0.15) is 35.1 Å². The number of benzene rings is 2. The lowest BCUT2D eigenvalue weighted by Gasteiger charge is -2.31. The summed E-state index contributed by atoms with van der Waals surface area (Å²) in [7, 11) is 1.51. The van der Waals surface area contributed by atoms with E-state index in [-0.39, 0.29) is 13.1 Å². The number of nitrogens with one attached hydrogen (secondary N) is 1. The zero-order valence-corrected chi connectivity index (χ0v) is 20.3. The average Bonchev–Trinajstić information content (AvgIpc) is 3.68. The molecule has 2 aromatic carbocycles. The summed E-state index contributed by atoms with van der Waals surface area (Å²) in [5.41, 5.74) is 1.77. The summed E-state index contributed by atoms with van der Waals surface area (Å²) in [5.74, 6) is 1.05. The van der Waals surface area contributed by atoms with Crippen LogP contribution in [0.5, 0.6) is 5.75 Å². The first kappa shape index (κ1) is 23.9. The van der Waals surface area contributed by atoms with Gasteiger partial charge in [-0.2, -0.15) is 0 Å². The summed E-state index contributed by atoms with van der Waals surface area (Å²) in [5, 5.41) is 11.2. The van der Waals surface area contributed by atoms with Crippen LogP contribution in [0.4, 0.5) is 5.69 Å². The minimum Gasteiger partial charge on any atom is -0.495 e. The van der Waals surface area contributed by atoms with Crippen LogP contribution in [-0.4, -0.2) is 33.9 Å². The Morgan fingerprint density at radius 3 is 2.62 bits per heavy atom. The Balaban J connectivity index is 1.57. The van der Waals surface area contributed by atoms with Crippen LogP contribution < -0.4 is 15.0 Å². The summed E-state index contributed by atoms with van der Waals surface area (Å²) in [6.45, 7) is 1.75. The van der Waals surface area contributed by atoms with Crippen molar-refractivity contribution in [1.29, 1.82) is 0 Å². The lowest BCUT2D eigenvalue weighted by atomic mass is 10.1. The van der Waals surface area contributed by atoms with Crippen LogP contribution in [0.25, 0.3) is 11.0 Å². The highest BCUT2D eigenvalue weighted by atomic mass is 16.5. The summed E-state index contributed by atoms with van der Waals surface area (Å²) >= 11 is 0. The number of carbonyl (C=O) groups excluding carboxylic acids is 2. The Morgan fingerprint density at radius 1 is 1.05 bits per heavy atom. The Labute approximate surface area is 212 Å². The second kappa shape index (κ2) is 10.4. The first-order chi connectivity index (χ1) is 18.0. The van der Waals surface area contributed by atoms with E-state index in [9.17, 15) is 9.59 Å². The molecule has 10 heteroatoms. The number of aromatic nitrogens is 3. The Hall–Kier alpha value is -4.86. The zero-order valence-electron chi connectivity index (χ0n) is 20.3. The highest BCUT2D eigenvalue weighted by Crippen LogP contribution is 2.36. The van der Waals surface area contributed by atoms with Gasteiger partial charge in [0.15, 0.2) is 6.04 Å². The summed E-state index contributed by atoms with van der Waals surface area (Å²) in [6.07, 6.45) is 1.53. The number of nitrogens with zero attached hydrogens (tertiary/aromatic N) is 4. The van der Waals surface area contributed by atoms with Gasteiger partial charge in [-0.25, -0.2) is 4.68 Å². The SMILES string of the molecule is COc1ccccc1N(C(=O)Cn1nnc2ccccc21)[C@@H](C(=O)NCc1ccco1)c1ccc(C)o1. The molecular formula is C27H25N5O5. The maximum absolute atomic E-state index is 14.0. The van der Waals surface area contributed by atoms with Crippen molar-refractivity contribution in [2.24, 2.45) is 0 Å². The van der Waals surface area contributed by atoms with Gasteiger partial charge in [-0.15, -0.1) is 5.10 Å². The molecule has 0 saturated carbocycles. The van der Waals surface area contributed by atoms with Gasteiger partial charge in [-0.3, -0.25) is 14.5 Å². The number of rotatable bonds is 9. The van der Waals surface area contributed by atoms with Crippen LogP contribution in [0.1, 0.15) is 23.3 Å². The number of para-hydroxylation sites is 3. The van der Waals surface area contributed by atoms with Crippen molar-refractivity contribution in [3.8, 4) is 5.75 Å². The largest absolute Gasteiger partial charge is 0.495 e. The maximum atomic E-state index is 14.0. The van der Waals surface area contributed by atoms with Crippen LogP contribution in [-0.2, 0) is 22.7 Å². The summed E-state index contributed by atoms with van der Waals surface area (Å²) in [6, 6.07) is 20.2. The van der Waals surface area contributed by atoms with Gasteiger partial charge in [0.05, 0.1) is 31.1 Å². The van der Waals surface area contributed by atoms with E-state index in [2.05, 4.69) is 15.6 Å². The first-order valence-corrected chi connectivity index (χ1v) is 11.6. The summed E-state index contributed by atoms with van der Waals surface area (Å²) < 4.78 is 18.3. The Bertz CT molecular complexity index is 1520. The third-order valence-corrected chi connectivity index (χ3v) is 5.87. The predicted molar refractivity (Wildman–Crippen MR) is 135 cm³/mol. The molecule has 5 rings (SSSR count). The van der Waals surface area contributed by atoms with Crippen molar-refractivity contribution in [2.45, 2.75) is 26.1 Å². The fraction of sp³-hybridized carbons (Fsp3) is 0.185. The molecule has 1 N–H and O–H groups in total. The van der Waals surface area contributed by atoms with Crippen LogP contribution in [0.15, 0.2) is 87.9 Å². The van der Waals surface area contributed by atoms with E-state index in [1.54, 1.807) is 55.5 Å². The molecule has 2 amide bonds. The fourth-order valence-corrected chi connectivity index (χ4v) is 4.14. The third-order valence-electron chi connectivity index (χ3n) is 5.87. The number of ether oxygens (including phenoxy) is 1. The molecule has 0 bridgehead atoms. The monoisotopic (exact) mass is 499 g/mol. The maximum Gasteiger partial charge on any atom is 0.251 e. The molecular weight excluding hydrogens is 474 g/mol. The van der Waals surface area contributed by atoms with Crippen molar-refractivity contribution in [3.05, 3.63) is 96.3 Å². The van der Waals surface area contributed by atoms with Gasteiger partial charge in [0, 0.05) is 0 Å². The molecule has 0 radical (unpaired) electrons. The molecule has 188 valence electrons. The number of aryl methyl sites for hydroxylation is 1. The second-order valence-electron chi connectivity index (χ2n) is 8.32. The van der Waals surface area contributed by atoms with Gasteiger partial charge >= 0.3 is 0 Å². The number of furan rings is 2. The molecule has 10 nitrogen and oxygen atoms in total. The van der Waals surface area contributed by atoms with Crippen molar-refractivity contribution < 1.29 is 23.2 Å². The molecule has 0 aliphatic carbocycles. The molecule has 5 aromatic rings. The molecule has 0 saturated heterocycles. The first-order valence-electron chi connectivity index (χ1n) is 11.6. The average molecular weight is 500 g/mol. The van der Waals surface area contributed by atoms with E-state index in [1.165, 1.54) is 23.0 Å². The standard InChI is InChI=1S/C27H25N5O5/c1-18-13-14-24(37-18)26(27(34)28-16-19-8-7-15-36-19)32(22-11-5-6-12-23(22)35-2)25(33)17-31-21-10-4-3-9-20(21)29-30-31/h3-15,26H,16-17H2,1-2H3,(H,28,34)/t26-/m1/s1. The van der Waals surface area contributed by atoms with Gasteiger partial charge in [0.25, 0.3) is 5.91 Å².